The van der Waals surface area contributed by atoms with Crippen LogP contribution in [0.15, 0.2) is 12.4 Å². The predicted octanol–water partition coefficient (Wildman–Crippen LogP) is 0.214. The first-order valence-electron chi connectivity index (χ1n) is 4.44. The molecule has 0 aromatic carbocycles. The summed E-state index contributed by atoms with van der Waals surface area (Å²) in [6.07, 6.45) is 3.40. The molecular weight excluding hydrogens is 166 g/mol. The molecule has 1 aliphatic heterocycles. The van der Waals surface area contributed by atoms with Gasteiger partial charge in [-0.3, -0.25) is 4.98 Å². The van der Waals surface area contributed by atoms with E-state index in [1.165, 1.54) is 0 Å². The van der Waals surface area contributed by atoms with Crippen LogP contribution in [0.5, 0.6) is 0 Å². The molecule has 0 spiro atoms. The molecule has 4 nitrogen and oxygen atoms in total. The van der Waals surface area contributed by atoms with Crippen LogP contribution in [0.3, 0.4) is 0 Å². The Kier molecular flexibility index (Phi) is 2.14. The van der Waals surface area contributed by atoms with E-state index in [9.17, 15) is 0 Å². The Morgan fingerprint density at radius 2 is 2.15 bits per heavy atom. The predicted molar refractivity (Wildman–Crippen MR) is 49.6 cm³/mol. The Morgan fingerprint density at radius 3 is 2.77 bits per heavy atom. The number of rotatable bonds is 2. The molecule has 1 fully saturated rings. The van der Waals surface area contributed by atoms with Crippen LogP contribution in [-0.2, 0) is 0 Å². The molecule has 2 heterocycles. The summed E-state index contributed by atoms with van der Waals surface area (Å²) in [5.74, 6) is 1.37. The van der Waals surface area contributed by atoms with Crippen molar-refractivity contribution < 1.29 is 5.11 Å². The Balaban J connectivity index is 2.07. The van der Waals surface area contributed by atoms with Gasteiger partial charge in [0.15, 0.2) is 0 Å². The number of aliphatic hydroxyl groups is 1. The molecule has 2 rings (SSSR count). The lowest BCUT2D eigenvalue weighted by Gasteiger charge is -2.39. The molecule has 1 saturated heterocycles. The third kappa shape index (κ3) is 1.49. The van der Waals surface area contributed by atoms with Gasteiger partial charge in [0.25, 0.3) is 0 Å². The van der Waals surface area contributed by atoms with Crippen molar-refractivity contribution in [2.45, 2.75) is 6.92 Å². The molecule has 0 radical (unpaired) electrons. The molecule has 13 heavy (non-hydrogen) atoms. The van der Waals surface area contributed by atoms with Crippen molar-refractivity contribution in [3.63, 3.8) is 0 Å². The summed E-state index contributed by atoms with van der Waals surface area (Å²) in [4.78, 5) is 10.6. The third-order valence-corrected chi connectivity index (χ3v) is 2.37. The van der Waals surface area contributed by atoms with Crippen LogP contribution < -0.4 is 4.90 Å². The molecule has 0 amide bonds. The number of nitrogens with zero attached hydrogens (tertiary/aromatic N) is 3. The molecule has 0 bridgehead atoms. The number of aliphatic hydroxyl groups excluding tert-OH is 1. The maximum Gasteiger partial charge on any atom is 0.150 e. The third-order valence-electron chi connectivity index (χ3n) is 2.37. The first-order chi connectivity index (χ1) is 6.31. The van der Waals surface area contributed by atoms with Gasteiger partial charge in [0.1, 0.15) is 5.82 Å². The fraction of sp³-hybridized carbons (Fsp3) is 0.556. The van der Waals surface area contributed by atoms with Crippen LogP contribution in [0.25, 0.3) is 0 Å². The number of hydrogen-bond acceptors (Lipinski definition) is 4. The molecule has 70 valence electrons. The molecule has 1 aromatic rings. The van der Waals surface area contributed by atoms with E-state index in [2.05, 4.69) is 14.9 Å². The largest absolute Gasteiger partial charge is 0.396 e. The van der Waals surface area contributed by atoms with Crippen LogP contribution in [0.1, 0.15) is 5.69 Å². The normalized spacial score (nSPS) is 17.2. The number of aryl methyl sites for hydroxylation is 1. The Bertz CT molecular complexity index is 297. The highest BCUT2D eigenvalue weighted by molar-refractivity contribution is 5.44. The summed E-state index contributed by atoms with van der Waals surface area (Å²) >= 11 is 0. The molecule has 0 aliphatic carbocycles. The summed E-state index contributed by atoms with van der Waals surface area (Å²) in [5, 5.41) is 8.86. The molecule has 1 aliphatic rings. The number of anilines is 1. The van der Waals surface area contributed by atoms with Gasteiger partial charge < -0.3 is 10.0 Å². The van der Waals surface area contributed by atoms with Gasteiger partial charge in [-0.05, 0) is 6.92 Å². The van der Waals surface area contributed by atoms with Crippen molar-refractivity contribution in [1.82, 2.24) is 9.97 Å². The molecule has 0 saturated carbocycles. The van der Waals surface area contributed by atoms with Gasteiger partial charge in [-0.1, -0.05) is 0 Å². The maximum absolute atomic E-state index is 8.86. The van der Waals surface area contributed by atoms with E-state index in [0.29, 0.717) is 5.92 Å². The van der Waals surface area contributed by atoms with Crippen LogP contribution in [0.4, 0.5) is 5.82 Å². The summed E-state index contributed by atoms with van der Waals surface area (Å²) in [6, 6.07) is 0. The first-order valence-corrected chi connectivity index (χ1v) is 4.44. The van der Waals surface area contributed by atoms with Gasteiger partial charge in [0.05, 0.1) is 5.69 Å². The van der Waals surface area contributed by atoms with Crippen molar-refractivity contribution in [3.05, 3.63) is 18.1 Å². The van der Waals surface area contributed by atoms with Crippen molar-refractivity contribution in [2.75, 3.05) is 24.6 Å². The number of hydrogen-bond donors (Lipinski definition) is 1. The zero-order chi connectivity index (χ0) is 9.26. The van der Waals surface area contributed by atoms with Gasteiger partial charge in [-0.2, -0.15) is 0 Å². The van der Waals surface area contributed by atoms with E-state index in [0.717, 1.165) is 24.6 Å². The zero-order valence-corrected chi connectivity index (χ0v) is 7.64. The first kappa shape index (κ1) is 8.44. The second-order valence-corrected chi connectivity index (χ2v) is 3.42. The van der Waals surface area contributed by atoms with Crippen molar-refractivity contribution >= 4 is 5.82 Å². The Morgan fingerprint density at radius 1 is 1.46 bits per heavy atom. The monoisotopic (exact) mass is 179 g/mol. The Labute approximate surface area is 77.2 Å². The lowest BCUT2D eigenvalue weighted by atomic mass is 10.0. The van der Waals surface area contributed by atoms with E-state index in [1.807, 2.05) is 6.92 Å². The van der Waals surface area contributed by atoms with Gasteiger partial charge in [0.2, 0.25) is 0 Å². The van der Waals surface area contributed by atoms with Crippen LogP contribution in [-0.4, -0.2) is 34.8 Å². The van der Waals surface area contributed by atoms with Gasteiger partial charge in [-0.15, -0.1) is 0 Å². The lowest BCUT2D eigenvalue weighted by Crippen LogP contribution is -2.49. The minimum absolute atomic E-state index is 0.274. The topological polar surface area (TPSA) is 49.2 Å². The highest BCUT2D eigenvalue weighted by atomic mass is 16.3. The van der Waals surface area contributed by atoms with E-state index in [4.69, 9.17) is 5.11 Å². The summed E-state index contributed by atoms with van der Waals surface area (Å²) < 4.78 is 0. The minimum atomic E-state index is 0.274. The molecule has 0 unspecified atom stereocenters. The average molecular weight is 179 g/mol. The fourth-order valence-corrected chi connectivity index (χ4v) is 1.57. The number of aromatic nitrogens is 2. The smallest absolute Gasteiger partial charge is 0.150 e. The van der Waals surface area contributed by atoms with E-state index < -0.39 is 0 Å². The Hall–Kier alpha value is -1.16. The summed E-state index contributed by atoms with van der Waals surface area (Å²) in [7, 11) is 0. The molecule has 1 N–H and O–H groups in total. The van der Waals surface area contributed by atoms with E-state index in [-0.39, 0.29) is 6.61 Å². The maximum atomic E-state index is 8.86. The fourth-order valence-electron chi connectivity index (χ4n) is 1.57. The lowest BCUT2D eigenvalue weighted by molar-refractivity contribution is 0.200. The average Bonchev–Trinajstić information content (AvgIpc) is 2.06. The molecule has 4 heteroatoms. The van der Waals surface area contributed by atoms with Crippen molar-refractivity contribution in [2.24, 2.45) is 5.92 Å². The second kappa shape index (κ2) is 3.30. The van der Waals surface area contributed by atoms with Crippen LogP contribution in [0, 0.1) is 12.8 Å². The van der Waals surface area contributed by atoms with Crippen molar-refractivity contribution in [3.8, 4) is 0 Å². The van der Waals surface area contributed by atoms with E-state index in [1.54, 1.807) is 12.4 Å². The quantitative estimate of drug-likeness (QED) is 0.705. The summed E-state index contributed by atoms with van der Waals surface area (Å²) in [5.41, 5.74) is 0.957. The molecule has 1 aromatic heterocycles. The zero-order valence-electron chi connectivity index (χ0n) is 7.64. The highest BCUT2D eigenvalue weighted by Crippen LogP contribution is 2.23. The van der Waals surface area contributed by atoms with Crippen LogP contribution in [0.2, 0.25) is 0 Å². The van der Waals surface area contributed by atoms with E-state index >= 15 is 0 Å². The standard InChI is InChI=1S/C9H13N3O/c1-7-9(11-3-2-10-7)12-4-8(5-12)6-13/h2-3,8,13H,4-6H2,1H3. The SMILES string of the molecule is Cc1nccnc1N1CC(CO)C1. The van der Waals surface area contributed by atoms with Crippen molar-refractivity contribution in [1.29, 1.82) is 0 Å². The molecule has 0 atom stereocenters. The van der Waals surface area contributed by atoms with Crippen LogP contribution >= 0.6 is 0 Å². The van der Waals surface area contributed by atoms with Gasteiger partial charge in [-0.25, -0.2) is 4.98 Å². The highest BCUT2D eigenvalue weighted by Gasteiger charge is 2.27. The summed E-state index contributed by atoms with van der Waals surface area (Å²) in [6.45, 7) is 4.02. The van der Waals surface area contributed by atoms with Gasteiger partial charge in [0, 0.05) is 38.0 Å². The molecular formula is C9H13N3O. The second-order valence-electron chi connectivity index (χ2n) is 3.42. The minimum Gasteiger partial charge on any atom is -0.396 e. The van der Waals surface area contributed by atoms with Gasteiger partial charge >= 0.3 is 0 Å².